The van der Waals surface area contributed by atoms with E-state index in [9.17, 15) is 17.9 Å². The lowest BCUT2D eigenvalue weighted by Gasteiger charge is -2.31. The average molecular weight is 339 g/mol. The number of hydrogen-bond donors (Lipinski definition) is 2. The average Bonchev–Trinajstić information content (AvgIpc) is 2.40. The molecule has 2 rings (SSSR count). The Kier molecular flexibility index (Phi) is 4.72. The molecule has 0 atom stereocenters. The number of aliphatic hydroxyl groups is 1. The van der Waals surface area contributed by atoms with Crippen LogP contribution >= 0.6 is 11.6 Å². The Balaban J connectivity index is 2.04. The van der Waals surface area contributed by atoms with E-state index in [1.54, 1.807) is 0 Å². The number of pyridine rings is 1. The molecule has 0 bridgehead atoms. The molecule has 1 aromatic heterocycles. The summed E-state index contributed by atoms with van der Waals surface area (Å²) in [5.74, 6) is -0.0489. The molecule has 0 radical (unpaired) electrons. The van der Waals surface area contributed by atoms with Crippen molar-refractivity contribution in [1.29, 1.82) is 0 Å². The van der Waals surface area contributed by atoms with E-state index in [0.717, 1.165) is 12.3 Å². The van der Waals surface area contributed by atoms with Gasteiger partial charge in [-0.1, -0.05) is 11.6 Å². The Morgan fingerprint density at radius 2 is 2.14 bits per heavy atom. The van der Waals surface area contributed by atoms with Gasteiger partial charge in [-0.15, -0.1) is 0 Å². The molecule has 0 saturated heterocycles. The highest BCUT2D eigenvalue weighted by Gasteiger charge is 2.36. The van der Waals surface area contributed by atoms with E-state index < -0.39 is 21.8 Å². The number of rotatable bonds is 4. The molecule has 9 heteroatoms. The normalized spacial score (nSPS) is 26.6. The molecule has 118 valence electrons. The smallest absolute Gasteiger partial charge is 0.239 e. The number of aromatic nitrogens is 1. The van der Waals surface area contributed by atoms with Gasteiger partial charge in [0.2, 0.25) is 15.9 Å². The van der Waals surface area contributed by atoms with Gasteiger partial charge in [-0.05, 0) is 31.7 Å². The lowest BCUT2D eigenvalue weighted by Crippen LogP contribution is -2.37. The van der Waals surface area contributed by atoms with Crippen molar-refractivity contribution < 1.29 is 22.7 Å². The second-order valence-electron chi connectivity index (χ2n) is 5.17. The molecule has 1 aliphatic rings. The van der Waals surface area contributed by atoms with E-state index in [1.807, 2.05) is 0 Å². The molecule has 0 aromatic carbocycles. The Morgan fingerprint density at radius 1 is 1.52 bits per heavy atom. The van der Waals surface area contributed by atoms with Crippen LogP contribution < -0.4 is 9.88 Å². The first kappa shape index (κ1) is 16.4. The van der Waals surface area contributed by atoms with Crippen LogP contribution in [0.1, 0.15) is 25.7 Å². The molecule has 1 heterocycles. The van der Waals surface area contributed by atoms with E-state index >= 15 is 0 Å². The van der Waals surface area contributed by atoms with Gasteiger partial charge in [-0.3, -0.25) is 0 Å². The molecule has 1 fully saturated rings. The number of ether oxygens (including phenoxy) is 1. The number of hydrogen-bond acceptors (Lipinski definition) is 5. The fraction of sp³-hybridized carbons (Fsp3) is 0.583. The van der Waals surface area contributed by atoms with Crippen molar-refractivity contribution in [3.8, 4) is 5.88 Å². The van der Waals surface area contributed by atoms with E-state index in [4.69, 9.17) is 21.5 Å². The number of halogens is 2. The molecule has 0 aliphatic heterocycles. The van der Waals surface area contributed by atoms with Crippen molar-refractivity contribution in [2.75, 3.05) is 6.61 Å². The molecule has 0 spiro atoms. The molecule has 0 amide bonds. The topological polar surface area (TPSA) is 103 Å². The highest BCUT2D eigenvalue weighted by Crippen LogP contribution is 2.33. The van der Waals surface area contributed by atoms with Crippen LogP contribution in [-0.4, -0.2) is 36.9 Å². The van der Waals surface area contributed by atoms with Gasteiger partial charge in [0.05, 0.1) is 12.3 Å². The third-order valence-corrected chi connectivity index (χ3v) is 4.58. The summed E-state index contributed by atoms with van der Waals surface area (Å²) >= 11 is 5.85. The number of nitrogens with zero attached hydrogens (tertiary/aromatic N) is 1. The summed E-state index contributed by atoms with van der Waals surface area (Å²) in [6.45, 7) is -0.249. The van der Waals surface area contributed by atoms with Crippen molar-refractivity contribution in [2.24, 2.45) is 5.14 Å². The first-order chi connectivity index (χ1) is 9.70. The Labute approximate surface area is 127 Å². The van der Waals surface area contributed by atoms with Crippen molar-refractivity contribution in [2.45, 2.75) is 42.4 Å². The Bertz CT molecular complexity index is 618. The third-order valence-electron chi connectivity index (χ3n) is 3.43. The number of primary sulfonamides is 1. The quantitative estimate of drug-likeness (QED) is 0.864. The minimum absolute atomic E-state index is 0.0489. The molecule has 3 N–H and O–H groups in total. The van der Waals surface area contributed by atoms with Crippen LogP contribution in [0.3, 0.4) is 0 Å². The van der Waals surface area contributed by atoms with Crippen molar-refractivity contribution in [1.82, 2.24) is 4.98 Å². The zero-order chi connectivity index (χ0) is 15.7. The lowest BCUT2D eigenvalue weighted by molar-refractivity contribution is 0.00180. The molecule has 6 nitrogen and oxygen atoms in total. The summed E-state index contributed by atoms with van der Waals surface area (Å²) in [4.78, 5) is 3.51. The highest BCUT2D eigenvalue weighted by molar-refractivity contribution is 7.89. The van der Waals surface area contributed by atoms with Crippen molar-refractivity contribution in [3.05, 3.63) is 17.3 Å². The van der Waals surface area contributed by atoms with Gasteiger partial charge in [0.25, 0.3) is 0 Å². The molecular formula is C12H16ClFN2O4S. The number of sulfonamides is 1. The van der Waals surface area contributed by atoms with Gasteiger partial charge >= 0.3 is 0 Å². The van der Waals surface area contributed by atoms with Crippen LogP contribution in [0.2, 0.25) is 5.02 Å². The SMILES string of the molecule is NS(=O)(=O)c1cnc(OC[C@]2(F)CC[C@@H](O)CC2)c(Cl)c1. The summed E-state index contributed by atoms with van der Waals surface area (Å²) in [7, 11) is -3.90. The monoisotopic (exact) mass is 338 g/mol. The maximum absolute atomic E-state index is 14.4. The summed E-state index contributed by atoms with van der Waals surface area (Å²) in [6.07, 6.45) is 1.69. The maximum Gasteiger partial charge on any atom is 0.239 e. The molecular weight excluding hydrogens is 323 g/mol. The van der Waals surface area contributed by atoms with E-state index in [1.165, 1.54) is 0 Å². The highest BCUT2D eigenvalue weighted by atomic mass is 35.5. The number of aliphatic hydroxyl groups excluding tert-OH is 1. The number of nitrogens with two attached hydrogens (primary N) is 1. The molecule has 1 saturated carbocycles. The fourth-order valence-corrected chi connectivity index (χ4v) is 2.90. The molecule has 1 aliphatic carbocycles. The van der Waals surface area contributed by atoms with Crippen LogP contribution in [0, 0.1) is 0 Å². The van der Waals surface area contributed by atoms with E-state index in [2.05, 4.69) is 4.98 Å². The zero-order valence-electron chi connectivity index (χ0n) is 11.1. The minimum atomic E-state index is -3.90. The maximum atomic E-state index is 14.4. The summed E-state index contributed by atoms with van der Waals surface area (Å²) in [5, 5.41) is 14.3. The van der Waals surface area contributed by atoms with Gasteiger partial charge in [0, 0.05) is 0 Å². The van der Waals surface area contributed by atoms with Crippen LogP contribution in [0.5, 0.6) is 5.88 Å². The predicted octanol–water partition coefficient (Wildman–Crippen LogP) is 1.40. The Hall–Kier alpha value is -0.960. The van der Waals surface area contributed by atoms with E-state index in [0.29, 0.717) is 12.8 Å². The van der Waals surface area contributed by atoms with E-state index in [-0.39, 0.29) is 35.2 Å². The first-order valence-electron chi connectivity index (χ1n) is 6.38. The minimum Gasteiger partial charge on any atom is -0.473 e. The van der Waals surface area contributed by atoms with Crippen molar-refractivity contribution >= 4 is 21.6 Å². The van der Waals surface area contributed by atoms with Crippen LogP contribution in [-0.2, 0) is 10.0 Å². The van der Waals surface area contributed by atoms with Crippen LogP contribution in [0.15, 0.2) is 17.2 Å². The lowest BCUT2D eigenvalue weighted by atomic mass is 9.85. The summed E-state index contributed by atoms with van der Waals surface area (Å²) in [5.41, 5.74) is -1.54. The fourth-order valence-electron chi connectivity index (χ4n) is 2.13. The van der Waals surface area contributed by atoms with Crippen molar-refractivity contribution in [3.63, 3.8) is 0 Å². The second-order valence-corrected chi connectivity index (χ2v) is 7.14. The molecule has 1 aromatic rings. The Morgan fingerprint density at radius 3 is 2.67 bits per heavy atom. The summed E-state index contributed by atoms with van der Waals surface area (Å²) < 4.78 is 41.9. The second kappa shape index (κ2) is 6.04. The molecule has 21 heavy (non-hydrogen) atoms. The van der Waals surface area contributed by atoms with Gasteiger partial charge in [0.15, 0.2) is 0 Å². The first-order valence-corrected chi connectivity index (χ1v) is 8.30. The predicted molar refractivity (Wildman–Crippen MR) is 74.4 cm³/mol. The number of alkyl halides is 1. The van der Waals surface area contributed by atoms with Gasteiger partial charge in [0.1, 0.15) is 22.2 Å². The van der Waals surface area contributed by atoms with Crippen LogP contribution in [0.25, 0.3) is 0 Å². The largest absolute Gasteiger partial charge is 0.473 e. The third kappa shape index (κ3) is 4.26. The van der Waals surface area contributed by atoms with Crippen LogP contribution in [0.4, 0.5) is 4.39 Å². The zero-order valence-corrected chi connectivity index (χ0v) is 12.7. The van der Waals surface area contributed by atoms with Gasteiger partial charge in [-0.25, -0.2) is 22.9 Å². The standard InChI is InChI=1S/C12H16ClFN2O4S/c13-10-5-9(21(15,18)19)6-16-11(10)20-7-12(14)3-1-8(17)2-4-12/h5-6,8,17H,1-4,7H2,(H2,15,18,19)/t8-,12+. The van der Waals surface area contributed by atoms with Gasteiger partial charge in [-0.2, -0.15) is 0 Å². The summed E-state index contributed by atoms with van der Waals surface area (Å²) in [6, 6.07) is 1.11. The molecule has 0 unspecified atom stereocenters. The van der Waals surface area contributed by atoms with Gasteiger partial charge < -0.3 is 9.84 Å².